The molecule has 1 aromatic carbocycles. The molecule has 1 heterocycles. The zero-order valence-corrected chi connectivity index (χ0v) is 16.3. The molecule has 0 atom stereocenters. The zero-order chi connectivity index (χ0) is 20.5. The molecule has 0 fully saturated rings. The van der Waals surface area contributed by atoms with Gasteiger partial charge in [-0.3, -0.25) is 14.4 Å². The molecule has 0 aliphatic carbocycles. The Hall–Kier alpha value is -3.20. The van der Waals surface area contributed by atoms with Crippen molar-refractivity contribution in [3.05, 3.63) is 52.2 Å². The number of anilines is 1. The van der Waals surface area contributed by atoms with E-state index in [1.54, 1.807) is 43.5 Å². The molecule has 1 aromatic heterocycles. The van der Waals surface area contributed by atoms with Crippen LogP contribution in [0.2, 0.25) is 0 Å². The fourth-order valence-electron chi connectivity index (χ4n) is 2.11. The van der Waals surface area contributed by atoms with Gasteiger partial charge >= 0.3 is 5.97 Å². The van der Waals surface area contributed by atoms with Gasteiger partial charge < -0.3 is 20.7 Å². The largest absolute Gasteiger partial charge is 0.452 e. The van der Waals surface area contributed by atoms with Crippen molar-refractivity contribution in [1.29, 1.82) is 0 Å². The van der Waals surface area contributed by atoms with Crippen LogP contribution in [0, 0.1) is 0 Å². The van der Waals surface area contributed by atoms with Crippen LogP contribution in [-0.2, 0) is 14.3 Å². The minimum Gasteiger partial charge on any atom is -0.452 e. The molecule has 0 saturated carbocycles. The molecular formula is C19H21N3O5S. The highest BCUT2D eigenvalue weighted by molar-refractivity contribution is 7.12. The summed E-state index contributed by atoms with van der Waals surface area (Å²) in [6.07, 6.45) is 0. The fraction of sp³-hybridized carbons (Fsp3) is 0.263. The molecule has 0 spiro atoms. The molecule has 3 amide bonds. The maximum absolute atomic E-state index is 12.0. The quantitative estimate of drug-likeness (QED) is 0.582. The monoisotopic (exact) mass is 403 g/mol. The number of hydrogen-bond donors (Lipinski definition) is 3. The minimum atomic E-state index is -0.682. The molecular weight excluding hydrogens is 382 g/mol. The fourth-order valence-corrected chi connectivity index (χ4v) is 2.73. The second-order valence-electron chi connectivity index (χ2n) is 6.08. The number of nitrogens with one attached hydrogen (secondary N) is 3. The summed E-state index contributed by atoms with van der Waals surface area (Å²) in [7, 11) is 0. The Morgan fingerprint density at radius 3 is 2.36 bits per heavy atom. The van der Waals surface area contributed by atoms with E-state index in [0.29, 0.717) is 10.6 Å². The van der Waals surface area contributed by atoms with Gasteiger partial charge in [0.2, 0.25) is 5.91 Å². The molecule has 9 heteroatoms. The first-order chi connectivity index (χ1) is 13.3. The van der Waals surface area contributed by atoms with Crippen molar-refractivity contribution in [2.24, 2.45) is 0 Å². The molecule has 28 heavy (non-hydrogen) atoms. The van der Waals surface area contributed by atoms with E-state index >= 15 is 0 Å². The Morgan fingerprint density at radius 2 is 1.75 bits per heavy atom. The summed E-state index contributed by atoms with van der Waals surface area (Å²) in [6.45, 7) is 2.93. The van der Waals surface area contributed by atoms with Crippen LogP contribution in [0.5, 0.6) is 0 Å². The molecule has 2 aromatic rings. The molecule has 8 nitrogen and oxygen atoms in total. The van der Waals surface area contributed by atoms with Crippen LogP contribution in [0.3, 0.4) is 0 Å². The molecule has 3 N–H and O–H groups in total. The van der Waals surface area contributed by atoms with Crippen molar-refractivity contribution >= 4 is 40.7 Å². The lowest BCUT2D eigenvalue weighted by molar-refractivity contribution is -0.128. The summed E-state index contributed by atoms with van der Waals surface area (Å²) in [5, 5.41) is 9.51. The van der Waals surface area contributed by atoms with Crippen molar-refractivity contribution < 1.29 is 23.9 Å². The van der Waals surface area contributed by atoms with Crippen LogP contribution in [-0.4, -0.2) is 42.9 Å². The number of hydrogen-bond acceptors (Lipinski definition) is 6. The van der Waals surface area contributed by atoms with Crippen molar-refractivity contribution in [3.63, 3.8) is 0 Å². The minimum absolute atomic E-state index is 0.0275. The highest BCUT2D eigenvalue weighted by atomic mass is 32.1. The van der Waals surface area contributed by atoms with Gasteiger partial charge in [0, 0.05) is 11.7 Å². The van der Waals surface area contributed by atoms with Crippen LogP contribution in [0.1, 0.15) is 33.9 Å². The van der Waals surface area contributed by atoms with Crippen LogP contribution in [0.25, 0.3) is 0 Å². The summed E-state index contributed by atoms with van der Waals surface area (Å²) >= 11 is 1.33. The lowest BCUT2D eigenvalue weighted by Crippen LogP contribution is -2.41. The molecule has 2 rings (SSSR count). The summed E-state index contributed by atoms with van der Waals surface area (Å²) in [5.74, 6) is -1.82. The summed E-state index contributed by atoms with van der Waals surface area (Å²) in [4.78, 5) is 47.6. The molecule has 0 bridgehead atoms. The Labute approximate surface area is 166 Å². The van der Waals surface area contributed by atoms with Gasteiger partial charge in [-0.2, -0.15) is 0 Å². The SMILES string of the molecule is CC(C)NC(=O)CNC(=O)COC(=O)c1ccc(NC(=O)c2cccs2)cc1. The maximum Gasteiger partial charge on any atom is 0.338 e. The molecule has 0 aliphatic heterocycles. The standard InChI is InChI=1S/C19H21N3O5S/c1-12(2)21-16(23)10-20-17(24)11-27-19(26)13-5-7-14(8-6-13)22-18(25)15-4-3-9-28-15/h3-9,12H,10-11H2,1-2H3,(H,20,24)(H,21,23)(H,22,25). The second kappa shape index (κ2) is 10.2. The van der Waals surface area contributed by atoms with Crippen molar-refractivity contribution in [3.8, 4) is 0 Å². The van der Waals surface area contributed by atoms with E-state index < -0.39 is 18.5 Å². The number of benzene rings is 1. The van der Waals surface area contributed by atoms with E-state index in [1.807, 2.05) is 0 Å². The highest BCUT2D eigenvalue weighted by Gasteiger charge is 2.12. The molecule has 0 saturated heterocycles. The van der Waals surface area contributed by atoms with Crippen molar-refractivity contribution in [1.82, 2.24) is 10.6 Å². The average Bonchev–Trinajstić information content (AvgIpc) is 3.19. The Balaban J connectivity index is 1.77. The number of rotatable bonds is 8. The number of thiophene rings is 1. The van der Waals surface area contributed by atoms with Gasteiger partial charge in [-0.25, -0.2) is 4.79 Å². The van der Waals surface area contributed by atoms with Gasteiger partial charge in [-0.1, -0.05) is 6.07 Å². The van der Waals surface area contributed by atoms with Crippen LogP contribution in [0.4, 0.5) is 5.69 Å². The lowest BCUT2D eigenvalue weighted by atomic mass is 10.2. The van der Waals surface area contributed by atoms with Crippen LogP contribution < -0.4 is 16.0 Å². The Kier molecular flexibility index (Phi) is 7.70. The predicted octanol–water partition coefficient (Wildman–Crippen LogP) is 1.80. The third kappa shape index (κ3) is 6.84. The third-order valence-electron chi connectivity index (χ3n) is 3.35. The van der Waals surface area contributed by atoms with E-state index in [4.69, 9.17) is 4.74 Å². The number of esters is 1. The topological polar surface area (TPSA) is 114 Å². The van der Waals surface area contributed by atoms with Crippen LogP contribution in [0.15, 0.2) is 41.8 Å². The summed E-state index contributed by atoms with van der Waals surface area (Å²) in [6, 6.07) is 9.58. The maximum atomic E-state index is 12.0. The van der Waals surface area contributed by atoms with Gasteiger partial charge in [0.05, 0.1) is 17.0 Å². The predicted molar refractivity (Wildman–Crippen MR) is 105 cm³/mol. The highest BCUT2D eigenvalue weighted by Crippen LogP contribution is 2.14. The smallest absolute Gasteiger partial charge is 0.338 e. The summed E-state index contributed by atoms with van der Waals surface area (Å²) in [5.41, 5.74) is 0.767. The number of carbonyl (C=O) groups excluding carboxylic acids is 4. The summed E-state index contributed by atoms with van der Waals surface area (Å²) < 4.78 is 4.91. The second-order valence-corrected chi connectivity index (χ2v) is 7.03. The van der Waals surface area contributed by atoms with Crippen molar-refractivity contribution in [2.45, 2.75) is 19.9 Å². The first kappa shape index (κ1) is 21.1. The molecule has 0 unspecified atom stereocenters. The first-order valence-electron chi connectivity index (χ1n) is 8.53. The van der Waals surface area contributed by atoms with E-state index in [1.165, 1.54) is 23.5 Å². The zero-order valence-electron chi connectivity index (χ0n) is 15.5. The number of carbonyl (C=O) groups is 4. The number of ether oxygens (including phenoxy) is 1. The van der Waals surface area contributed by atoms with Gasteiger partial charge in [0.25, 0.3) is 11.8 Å². The lowest BCUT2D eigenvalue weighted by Gasteiger charge is -2.09. The third-order valence-corrected chi connectivity index (χ3v) is 4.22. The molecule has 148 valence electrons. The van der Waals surface area contributed by atoms with Gasteiger partial charge in [0.1, 0.15) is 0 Å². The van der Waals surface area contributed by atoms with E-state index in [-0.39, 0.29) is 30.0 Å². The van der Waals surface area contributed by atoms with Gasteiger partial charge in [-0.05, 0) is 49.6 Å². The van der Waals surface area contributed by atoms with Gasteiger partial charge in [-0.15, -0.1) is 11.3 Å². The Bertz CT molecular complexity index is 832. The van der Waals surface area contributed by atoms with Crippen LogP contribution >= 0.6 is 11.3 Å². The first-order valence-corrected chi connectivity index (χ1v) is 9.41. The normalized spacial score (nSPS) is 10.2. The average molecular weight is 403 g/mol. The molecule has 0 aliphatic rings. The van der Waals surface area contributed by atoms with E-state index in [0.717, 1.165) is 0 Å². The molecule has 0 radical (unpaired) electrons. The number of amides is 3. The van der Waals surface area contributed by atoms with Gasteiger partial charge in [0.15, 0.2) is 6.61 Å². The Morgan fingerprint density at radius 1 is 1.04 bits per heavy atom. The van der Waals surface area contributed by atoms with Crippen molar-refractivity contribution in [2.75, 3.05) is 18.5 Å². The van der Waals surface area contributed by atoms with E-state index in [9.17, 15) is 19.2 Å². The van der Waals surface area contributed by atoms with E-state index in [2.05, 4.69) is 16.0 Å².